The number of likely N-dealkylation sites (N-methyl/N-ethyl adjacent to an activating group) is 1. The van der Waals surface area contributed by atoms with Gasteiger partial charge in [-0.05, 0) is 36.7 Å². The minimum atomic E-state index is -3.66. The molecule has 0 fully saturated rings. The number of rotatable bonds is 7. The summed E-state index contributed by atoms with van der Waals surface area (Å²) in [4.78, 5) is 26.5. The molecule has 0 aliphatic heterocycles. The summed E-state index contributed by atoms with van der Waals surface area (Å²) < 4.78 is 30.7. The van der Waals surface area contributed by atoms with Crippen molar-refractivity contribution in [3.8, 4) is 0 Å². The molecular formula is C16H18N2O5S2. The third-order valence-corrected chi connectivity index (χ3v) is 5.65. The minimum Gasteiger partial charge on any atom is -0.452 e. The van der Waals surface area contributed by atoms with E-state index in [2.05, 4.69) is 4.72 Å². The zero-order valence-corrected chi connectivity index (χ0v) is 15.4. The molecule has 0 aliphatic carbocycles. The van der Waals surface area contributed by atoms with Crippen LogP contribution in [0.4, 0.5) is 0 Å². The third kappa shape index (κ3) is 5.12. The lowest BCUT2D eigenvalue weighted by Crippen LogP contribution is -2.30. The summed E-state index contributed by atoms with van der Waals surface area (Å²) in [6.45, 7) is 0.0215. The first-order valence-corrected chi connectivity index (χ1v) is 9.67. The number of sulfonamides is 1. The first-order chi connectivity index (χ1) is 11.8. The van der Waals surface area contributed by atoms with E-state index in [4.69, 9.17) is 4.74 Å². The second-order valence-electron chi connectivity index (χ2n) is 5.14. The number of carbonyl (C=O) groups is 2. The summed E-state index contributed by atoms with van der Waals surface area (Å²) in [5, 5.41) is 1.92. The second-order valence-corrected chi connectivity index (χ2v) is 8.06. The van der Waals surface area contributed by atoms with Crippen molar-refractivity contribution in [1.29, 1.82) is 0 Å². The first-order valence-electron chi connectivity index (χ1n) is 7.30. The van der Waals surface area contributed by atoms with Crippen LogP contribution >= 0.6 is 11.3 Å². The molecule has 1 N–H and O–H groups in total. The highest BCUT2D eigenvalue weighted by Crippen LogP contribution is 2.13. The molecule has 0 aliphatic rings. The van der Waals surface area contributed by atoms with E-state index < -0.39 is 22.6 Å². The number of benzene rings is 1. The lowest BCUT2D eigenvalue weighted by Gasteiger charge is -2.16. The molecule has 0 saturated carbocycles. The number of hydrogen-bond acceptors (Lipinski definition) is 6. The standard InChI is InChI=1S/C16H18N2O5S2/c1-17-25(21,22)14-7-3-5-12(9-14)16(20)23-11-15(19)18(2)10-13-6-4-8-24-13/h3-9,17H,10-11H2,1-2H3. The quantitative estimate of drug-likeness (QED) is 0.732. The predicted molar refractivity (Wildman–Crippen MR) is 93.8 cm³/mol. The van der Waals surface area contributed by atoms with Crippen LogP contribution in [0.2, 0.25) is 0 Å². The average Bonchev–Trinajstić information content (AvgIpc) is 3.12. The molecule has 134 valence electrons. The van der Waals surface area contributed by atoms with Gasteiger partial charge in [0.1, 0.15) is 0 Å². The Morgan fingerprint density at radius 1 is 1.24 bits per heavy atom. The summed E-state index contributed by atoms with van der Waals surface area (Å²) in [5.41, 5.74) is 0.0602. The van der Waals surface area contributed by atoms with Crippen LogP contribution in [0.5, 0.6) is 0 Å². The number of carbonyl (C=O) groups excluding carboxylic acids is 2. The fourth-order valence-electron chi connectivity index (χ4n) is 1.95. The fraction of sp³-hybridized carbons (Fsp3) is 0.250. The van der Waals surface area contributed by atoms with Crippen LogP contribution in [0, 0.1) is 0 Å². The highest BCUT2D eigenvalue weighted by molar-refractivity contribution is 7.89. The van der Waals surface area contributed by atoms with Gasteiger partial charge in [0.05, 0.1) is 17.0 Å². The molecule has 1 aromatic carbocycles. The summed E-state index contributed by atoms with van der Waals surface area (Å²) in [6.07, 6.45) is 0. The Bertz CT molecular complexity index is 847. The van der Waals surface area contributed by atoms with Crippen molar-refractivity contribution in [2.45, 2.75) is 11.4 Å². The van der Waals surface area contributed by atoms with E-state index >= 15 is 0 Å². The Labute approximate surface area is 150 Å². The van der Waals surface area contributed by atoms with Gasteiger partial charge in [0, 0.05) is 11.9 Å². The molecule has 2 rings (SSSR count). The van der Waals surface area contributed by atoms with E-state index in [1.165, 1.54) is 47.5 Å². The molecule has 1 amide bonds. The predicted octanol–water partition coefficient (Wildman–Crippen LogP) is 1.47. The Morgan fingerprint density at radius 3 is 2.64 bits per heavy atom. The summed E-state index contributed by atoms with van der Waals surface area (Å²) in [7, 11) is -0.759. The number of nitrogens with zero attached hydrogens (tertiary/aromatic N) is 1. The van der Waals surface area contributed by atoms with Gasteiger partial charge in [0.15, 0.2) is 6.61 Å². The molecule has 0 spiro atoms. The van der Waals surface area contributed by atoms with Crippen LogP contribution in [-0.4, -0.2) is 45.9 Å². The zero-order valence-electron chi connectivity index (χ0n) is 13.8. The van der Waals surface area contributed by atoms with Crippen molar-refractivity contribution in [2.24, 2.45) is 0 Å². The van der Waals surface area contributed by atoms with Crippen molar-refractivity contribution in [1.82, 2.24) is 9.62 Å². The van der Waals surface area contributed by atoms with Crippen LogP contribution in [0.25, 0.3) is 0 Å². The Hall–Kier alpha value is -2.23. The van der Waals surface area contributed by atoms with Crippen LogP contribution < -0.4 is 4.72 Å². The number of amides is 1. The largest absolute Gasteiger partial charge is 0.452 e. The van der Waals surface area contributed by atoms with E-state index in [9.17, 15) is 18.0 Å². The highest BCUT2D eigenvalue weighted by atomic mass is 32.2. The first kappa shape index (κ1) is 19.1. The van der Waals surface area contributed by atoms with E-state index in [-0.39, 0.29) is 16.4 Å². The molecule has 0 atom stereocenters. The van der Waals surface area contributed by atoms with Gasteiger partial charge < -0.3 is 9.64 Å². The van der Waals surface area contributed by atoms with E-state index in [0.717, 1.165) is 4.88 Å². The zero-order chi connectivity index (χ0) is 18.4. The SMILES string of the molecule is CNS(=O)(=O)c1cccc(C(=O)OCC(=O)N(C)Cc2cccs2)c1. The molecular weight excluding hydrogens is 364 g/mol. The van der Waals surface area contributed by atoms with Crippen molar-refractivity contribution >= 4 is 33.2 Å². The lowest BCUT2D eigenvalue weighted by atomic mass is 10.2. The molecule has 0 bridgehead atoms. The van der Waals surface area contributed by atoms with E-state index in [1.54, 1.807) is 7.05 Å². The molecule has 7 nitrogen and oxygen atoms in total. The molecule has 0 radical (unpaired) electrons. The van der Waals surface area contributed by atoms with Crippen LogP contribution in [0.3, 0.4) is 0 Å². The molecule has 0 unspecified atom stereocenters. The number of ether oxygens (including phenoxy) is 1. The van der Waals surface area contributed by atoms with Gasteiger partial charge in [0.25, 0.3) is 5.91 Å². The van der Waals surface area contributed by atoms with Gasteiger partial charge in [-0.25, -0.2) is 17.9 Å². The van der Waals surface area contributed by atoms with Gasteiger partial charge in [0.2, 0.25) is 10.0 Å². The third-order valence-electron chi connectivity index (χ3n) is 3.37. The van der Waals surface area contributed by atoms with Gasteiger partial charge in [-0.15, -0.1) is 11.3 Å². The molecule has 0 saturated heterocycles. The monoisotopic (exact) mass is 382 g/mol. The summed E-state index contributed by atoms with van der Waals surface area (Å²) in [5.74, 6) is -1.10. The molecule has 2 aromatic rings. The number of nitrogens with one attached hydrogen (secondary N) is 1. The van der Waals surface area contributed by atoms with Gasteiger partial charge in [-0.3, -0.25) is 4.79 Å². The van der Waals surface area contributed by atoms with Crippen molar-refractivity contribution in [2.75, 3.05) is 20.7 Å². The minimum absolute atomic E-state index is 0.0504. The summed E-state index contributed by atoms with van der Waals surface area (Å²) >= 11 is 1.53. The van der Waals surface area contributed by atoms with Crippen LogP contribution in [-0.2, 0) is 26.1 Å². The molecule has 9 heteroatoms. The fourth-order valence-corrected chi connectivity index (χ4v) is 3.49. The van der Waals surface area contributed by atoms with Gasteiger partial charge in [-0.1, -0.05) is 12.1 Å². The van der Waals surface area contributed by atoms with E-state index in [1.807, 2.05) is 17.5 Å². The number of esters is 1. The second kappa shape index (κ2) is 8.24. The number of thiophene rings is 1. The molecule has 1 heterocycles. The Morgan fingerprint density at radius 2 is 2.00 bits per heavy atom. The molecule has 1 aromatic heterocycles. The lowest BCUT2D eigenvalue weighted by molar-refractivity contribution is -0.133. The average molecular weight is 382 g/mol. The molecule has 25 heavy (non-hydrogen) atoms. The van der Waals surface area contributed by atoms with Gasteiger partial charge >= 0.3 is 5.97 Å². The maximum absolute atomic E-state index is 12.1. The van der Waals surface area contributed by atoms with Crippen LogP contribution in [0.1, 0.15) is 15.2 Å². The smallest absolute Gasteiger partial charge is 0.338 e. The van der Waals surface area contributed by atoms with Gasteiger partial charge in [-0.2, -0.15) is 0 Å². The normalized spacial score (nSPS) is 11.1. The van der Waals surface area contributed by atoms with Crippen molar-refractivity contribution in [3.05, 3.63) is 52.2 Å². The Kier molecular flexibility index (Phi) is 6.29. The maximum atomic E-state index is 12.1. The van der Waals surface area contributed by atoms with Crippen molar-refractivity contribution < 1.29 is 22.7 Å². The summed E-state index contributed by atoms with van der Waals surface area (Å²) in [6, 6.07) is 9.23. The highest BCUT2D eigenvalue weighted by Gasteiger charge is 2.17. The Balaban J connectivity index is 1.96. The topological polar surface area (TPSA) is 92.8 Å². The van der Waals surface area contributed by atoms with E-state index in [0.29, 0.717) is 6.54 Å². The van der Waals surface area contributed by atoms with Crippen molar-refractivity contribution in [3.63, 3.8) is 0 Å². The maximum Gasteiger partial charge on any atom is 0.338 e. The van der Waals surface area contributed by atoms with Crippen LogP contribution in [0.15, 0.2) is 46.7 Å². The number of hydrogen-bond donors (Lipinski definition) is 1.